The third-order valence-electron chi connectivity index (χ3n) is 3.60. The first-order chi connectivity index (χ1) is 13.9. The lowest BCUT2D eigenvalue weighted by Crippen LogP contribution is -2.35. The molecule has 10 heteroatoms. The lowest BCUT2D eigenvalue weighted by molar-refractivity contribution is 0.256. The van der Waals surface area contributed by atoms with Gasteiger partial charge in [0.2, 0.25) is 11.8 Å². The van der Waals surface area contributed by atoms with E-state index in [1.54, 1.807) is 43.3 Å². The number of ether oxygens (including phenoxy) is 2. The lowest BCUT2D eigenvalue weighted by atomic mass is 10.3. The highest BCUT2D eigenvalue weighted by molar-refractivity contribution is 7.90. The first-order valence-corrected chi connectivity index (χ1v) is 9.91. The molecule has 2 aromatic carbocycles. The van der Waals surface area contributed by atoms with Gasteiger partial charge >= 0.3 is 6.03 Å². The summed E-state index contributed by atoms with van der Waals surface area (Å²) in [6, 6.07) is 15.2. The SMILES string of the molecule is COc1cc(C)nc(NC(=O)NS(=O)(=O)c2ccccc2Oc2ccccc2)n1. The van der Waals surface area contributed by atoms with Gasteiger partial charge in [-0.25, -0.2) is 22.9 Å². The predicted octanol–water partition coefficient (Wildman–Crippen LogP) is 3.10. The summed E-state index contributed by atoms with van der Waals surface area (Å²) in [4.78, 5) is 20.0. The van der Waals surface area contributed by atoms with E-state index in [-0.39, 0.29) is 22.5 Å². The highest BCUT2D eigenvalue weighted by Gasteiger charge is 2.23. The number of methoxy groups -OCH3 is 1. The number of aromatic nitrogens is 2. The van der Waals surface area contributed by atoms with Crippen LogP contribution in [0.4, 0.5) is 10.7 Å². The number of carbonyl (C=O) groups is 1. The third kappa shape index (κ3) is 5.20. The van der Waals surface area contributed by atoms with Crippen LogP contribution in [0.15, 0.2) is 65.6 Å². The second-order valence-corrected chi connectivity index (χ2v) is 7.45. The zero-order valence-corrected chi connectivity index (χ0v) is 16.4. The van der Waals surface area contributed by atoms with Gasteiger partial charge in [-0.1, -0.05) is 30.3 Å². The van der Waals surface area contributed by atoms with E-state index in [1.165, 1.54) is 25.3 Å². The molecule has 0 unspecified atom stereocenters. The summed E-state index contributed by atoms with van der Waals surface area (Å²) in [6.45, 7) is 1.68. The van der Waals surface area contributed by atoms with E-state index >= 15 is 0 Å². The number of para-hydroxylation sites is 2. The fourth-order valence-corrected chi connectivity index (χ4v) is 3.41. The molecular weight excluding hydrogens is 396 g/mol. The normalized spacial score (nSPS) is 10.8. The van der Waals surface area contributed by atoms with Gasteiger partial charge in [-0.3, -0.25) is 5.32 Å². The molecule has 0 bridgehead atoms. The van der Waals surface area contributed by atoms with Gasteiger partial charge in [0.1, 0.15) is 16.4 Å². The zero-order chi connectivity index (χ0) is 20.9. The Morgan fingerprint density at radius 2 is 1.69 bits per heavy atom. The summed E-state index contributed by atoms with van der Waals surface area (Å²) in [5.41, 5.74) is 0.539. The number of sulfonamides is 1. The van der Waals surface area contributed by atoms with E-state index in [0.29, 0.717) is 11.4 Å². The number of hydrogen-bond acceptors (Lipinski definition) is 7. The van der Waals surface area contributed by atoms with Crippen molar-refractivity contribution in [3.63, 3.8) is 0 Å². The minimum Gasteiger partial charge on any atom is -0.481 e. The van der Waals surface area contributed by atoms with Crippen LogP contribution in [-0.4, -0.2) is 31.5 Å². The number of amides is 2. The Morgan fingerprint density at radius 3 is 2.41 bits per heavy atom. The van der Waals surface area contributed by atoms with Gasteiger partial charge in [0.25, 0.3) is 10.0 Å². The molecule has 0 spiro atoms. The maximum atomic E-state index is 12.7. The van der Waals surface area contributed by atoms with Crippen molar-refractivity contribution in [1.29, 1.82) is 0 Å². The van der Waals surface area contributed by atoms with Crippen molar-refractivity contribution in [2.45, 2.75) is 11.8 Å². The highest BCUT2D eigenvalue weighted by atomic mass is 32.2. The number of anilines is 1. The molecule has 0 aliphatic carbocycles. The quantitative estimate of drug-likeness (QED) is 0.636. The van der Waals surface area contributed by atoms with Crippen LogP contribution < -0.4 is 19.5 Å². The Hall–Kier alpha value is -3.66. The number of nitrogens with zero attached hydrogens (tertiary/aromatic N) is 2. The number of hydrogen-bond donors (Lipinski definition) is 2. The number of aryl methyl sites for hydroxylation is 1. The summed E-state index contributed by atoms with van der Waals surface area (Å²) < 4.78 is 38.0. The van der Waals surface area contributed by atoms with Gasteiger partial charge in [-0.2, -0.15) is 4.98 Å². The van der Waals surface area contributed by atoms with E-state index in [1.807, 2.05) is 10.8 Å². The molecule has 2 N–H and O–H groups in total. The van der Waals surface area contributed by atoms with Gasteiger partial charge in [0.15, 0.2) is 0 Å². The fraction of sp³-hybridized carbons (Fsp3) is 0.105. The van der Waals surface area contributed by atoms with Crippen LogP contribution in [0.2, 0.25) is 0 Å². The summed E-state index contributed by atoms with van der Waals surface area (Å²) in [7, 11) is -2.81. The molecule has 2 amide bonds. The molecule has 0 fully saturated rings. The van der Waals surface area contributed by atoms with Gasteiger partial charge < -0.3 is 9.47 Å². The van der Waals surface area contributed by atoms with E-state index in [2.05, 4.69) is 15.3 Å². The van der Waals surface area contributed by atoms with Crippen molar-refractivity contribution >= 4 is 22.0 Å². The van der Waals surface area contributed by atoms with Crippen LogP contribution in [-0.2, 0) is 10.0 Å². The molecule has 1 aromatic heterocycles. The molecule has 0 atom stereocenters. The fourth-order valence-electron chi connectivity index (χ4n) is 2.38. The highest BCUT2D eigenvalue weighted by Crippen LogP contribution is 2.28. The molecule has 0 saturated carbocycles. The third-order valence-corrected chi connectivity index (χ3v) is 4.97. The molecule has 29 heavy (non-hydrogen) atoms. The number of urea groups is 1. The van der Waals surface area contributed by atoms with Crippen molar-refractivity contribution in [2.75, 3.05) is 12.4 Å². The van der Waals surface area contributed by atoms with Gasteiger partial charge in [-0.05, 0) is 31.2 Å². The molecule has 0 saturated heterocycles. The van der Waals surface area contributed by atoms with Gasteiger partial charge in [0, 0.05) is 11.8 Å². The van der Waals surface area contributed by atoms with E-state index in [0.717, 1.165) is 0 Å². The van der Waals surface area contributed by atoms with Crippen LogP contribution in [0.1, 0.15) is 5.69 Å². The Balaban J connectivity index is 1.79. The second kappa shape index (κ2) is 8.57. The van der Waals surface area contributed by atoms with Crippen molar-refractivity contribution in [3.8, 4) is 17.4 Å². The summed E-state index contributed by atoms with van der Waals surface area (Å²) in [6.07, 6.45) is 0. The Morgan fingerprint density at radius 1 is 1.00 bits per heavy atom. The van der Waals surface area contributed by atoms with Crippen LogP contribution in [0.3, 0.4) is 0 Å². The van der Waals surface area contributed by atoms with Crippen molar-refractivity contribution in [3.05, 3.63) is 66.4 Å². The minimum absolute atomic E-state index is 0.0764. The van der Waals surface area contributed by atoms with E-state index in [9.17, 15) is 13.2 Å². The number of benzene rings is 2. The maximum absolute atomic E-state index is 12.7. The zero-order valence-electron chi connectivity index (χ0n) is 15.6. The minimum atomic E-state index is -4.23. The predicted molar refractivity (Wildman–Crippen MR) is 106 cm³/mol. The van der Waals surface area contributed by atoms with Gasteiger partial charge in [-0.15, -0.1) is 0 Å². The summed E-state index contributed by atoms with van der Waals surface area (Å²) >= 11 is 0. The molecule has 9 nitrogen and oxygen atoms in total. The standard InChI is InChI=1S/C19H18N4O5S/c1-13-12-17(27-2)21-18(20-13)22-19(24)23-29(25,26)16-11-7-6-10-15(16)28-14-8-4-3-5-9-14/h3-12H,1-2H3,(H2,20,21,22,23,24). The van der Waals surface area contributed by atoms with E-state index < -0.39 is 16.1 Å². The molecule has 3 rings (SSSR count). The maximum Gasteiger partial charge on any atom is 0.335 e. The number of carbonyl (C=O) groups excluding carboxylic acids is 1. The monoisotopic (exact) mass is 414 g/mol. The number of nitrogens with one attached hydrogen (secondary N) is 2. The van der Waals surface area contributed by atoms with Crippen LogP contribution in [0, 0.1) is 6.92 Å². The van der Waals surface area contributed by atoms with E-state index in [4.69, 9.17) is 9.47 Å². The van der Waals surface area contributed by atoms with Crippen LogP contribution in [0.25, 0.3) is 0 Å². The van der Waals surface area contributed by atoms with Crippen molar-refractivity contribution < 1.29 is 22.7 Å². The largest absolute Gasteiger partial charge is 0.481 e. The summed E-state index contributed by atoms with van der Waals surface area (Å²) in [5, 5.41) is 2.28. The molecule has 3 aromatic rings. The summed E-state index contributed by atoms with van der Waals surface area (Å²) in [5.74, 6) is 0.674. The average molecular weight is 414 g/mol. The lowest BCUT2D eigenvalue weighted by Gasteiger charge is -2.13. The molecule has 0 aliphatic rings. The first-order valence-electron chi connectivity index (χ1n) is 8.43. The van der Waals surface area contributed by atoms with Crippen LogP contribution in [0.5, 0.6) is 17.4 Å². The van der Waals surface area contributed by atoms with Crippen molar-refractivity contribution in [2.24, 2.45) is 0 Å². The Labute approximate surface area is 167 Å². The van der Waals surface area contributed by atoms with Gasteiger partial charge in [0.05, 0.1) is 7.11 Å². The molecule has 1 heterocycles. The van der Waals surface area contributed by atoms with Crippen LogP contribution >= 0.6 is 0 Å². The second-order valence-electron chi connectivity index (χ2n) is 5.80. The van der Waals surface area contributed by atoms with Crippen molar-refractivity contribution in [1.82, 2.24) is 14.7 Å². The molecule has 150 valence electrons. The number of rotatable bonds is 6. The Kier molecular flexibility index (Phi) is 5.93. The topological polar surface area (TPSA) is 120 Å². The molecular formula is C19H18N4O5S. The molecule has 0 radical (unpaired) electrons. The first kappa shape index (κ1) is 20.1. The molecule has 0 aliphatic heterocycles. The average Bonchev–Trinajstić information content (AvgIpc) is 2.68. The Bertz CT molecular complexity index is 1120. The smallest absolute Gasteiger partial charge is 0.335 e.